The van der Waals surface area contributed by atoms with Gasteiger partial charge in [-0.25, -0.2) is 0 Å². The number of para-hydroxylation sites is 1. The highest BCUT2D eigenvalue weighted by molar-refractivity contribution is 7.26. The van der Waals surface area contributed by atoms with Gasteiger partial charge in [0.05, 0.1) is 11.0 Å². The number of hydrogen-bond acceptors (Lipinski definition) is 2. The van der Waals surface area contributed by atoms with Crippen molar-refractivity contribution in [1.82, 2.24) is 4.57 Å². The maximum absolute atomic E-state index is 2.43. The van der Waals surface area contributed by atoms with Crippen LogP contribution in [0.2, 0.25) is 0 Å². The molecule has 0 saturated carbocycles. The zero-order valence-electron chi connectivity index (χ0n) is 33.2. The fourth-order valence-electron chi connectivity index (χ4n) is 9.25. The van der Waals surface area contributed by atoms with Gasteiger partial charge in [-0.05, 0) is 99.4 Å². The van der Waals surface area contributed by atoms with Crippen LogP contribution in [-0.2, 0) is 0 Å². The van der Waals surface area contributed by atoms with Gasteiger partial charge in [0.25, 0.3) is 0 Å². The van der Waals surface area contributed by atoms with Crippen LogP contribution >= 0.6 is 11.3 Å². The molecule has 0 bridgehead atoms. The number of anilines is 3. The van der Waals surface area contributed by atoms with Crippen molar-refractivity contribution in [3.05, 3.63) is 231 Å². The molecule has 286 valence electrons. The van der Waals surface area contributed by atoms with Gasteiger partial charge in [0.15, 0.2) is 0 Å². The lowest BCUT2D eigenvalue weighted by Gasteiger charge is -2.26. The Labute approximate surface area is 358 Å². The molecule has 12 aromatic rings. The van der Waals surface area contributed by atoms with Crippen molar-refractivity contribution in [3.63, 3.8) is 0 Å². The average Bonchev–Trinajstić information content (AvgIpc) is 3.89. The molecular weight excluding hydrogens is 757 g/mol. The topological polar surface area (TPSA) is 8.17 Å². The molecule has 0 saturated heterocycles. The Morgan fingerprint density at radius 3 is 1.54 bits per heavy atom. The zero-order valence-corrected chi connectivity index (χ0v) is 34.1. The number of fused-ring (bicyclic) bond motifs is 8. The second-order valence-corrected chi connectivity index (χ2v) is 16.8. The molecule has 0 atom stereocenters. The van der Waals surface area contributed by atoms with Crippen LogP contribution < -0.4 is 4.90 Å². The summed E-state index contributed by atoms with van der Waals surface area (Å²) in [5.41, 5.74) is 14.2. The van der Waals surface area contributed by atoms with E-state index in [-0.39, 0.29) is 0 Å². The van der Waals surface area contributed by atoms with Gasteiger partial charge in [-0.1, -0.05) is 170 Å². The Hall–Kier alpha value is -7.72. The third-order valence-corrected chi connectivity index (χ3v) is 13.4. The summed E-state index contributed by atoms with van der Waals surface area (Å²) in [6.45, 7) is 0. The second kappa shape index (κ2) is 14.5. The summed E-state index contributed by atoms with van der Waals surface area (Å²) >= 11 is 1.88. The van der Waals surface area contributed by atoms with Gasteiger partial charge in [0, 0.05) is 59.1 Å². The van der Waals surface area contributed by atoms with E-state index < -0.39 is 0 Å². The number of nitrogens with zero attached hydrogens (tertiary/aromatic N) is 2. The summed E-state index contributed by atoms with van der Waals surface area (Å²) in [5, 5.41) is 7.69. The van der Waals surface area contributed by atoms with E-state index in [1.54, 1.807) is 0 Å². The van der Waals surface area contributed by atoms with E-state index in [2.05, 4.69) is 240 Å². The molecule has 61 heavy (non-hydrogen) atoms. The van der Waals surface area contributed by atoms with E-state index >= 15 is 0 Å². The summed E-state index contributed by atoms with van der Waals surface area (Å²) in [4.78, 5) is 2.36. The van der Waals surface area contributed by atoms with Crippen molar-refractivity contribution in [3.8, 4) is 39.1 Å². The second-order valence-electron chi connectivity index (χ2n) is 15.7. The van der Waals surface area contributed by atoms with Gasteiger partial charge in [-0.15, -0.1) is 11.3 Å². The third kappa shape index (κ3) is 6.01. The SMILES string of the molecule is c1ccc(-c2ccc(N(c3ccc(-c4ccc(-n5c6ccccc6c6ccc7ccccc7c65)cc4)cc3)c3ccc(-c4cccc5c4sc4ccccc45)cc3)cc2)cc1. The largest absolute Gasteiger partial charge is 0.311 e. The van der Waals surface area contributed by atoms with Gasteiger partial charge in [0.1, 0.15) is 0 Å². The van der Waals surface area contributed by atoms with Crippen LogP contribution in [0, 0.1) is 0 Å². The van der Waals surface area contributed by atoms with E-state index in [1.807, 2.05) is 11.3 Å². The maximum atomic E-state index is 2.43. The van der Waals surface area contributed by atoms with Crippen molar-refractivity contribution in [2.75, 3.05) is 4.90 Å². The summed E-state index contributed by atoms with van der Waals surface area (Å²) in [7, 11) is 0. The predicted octanol–water partition coefficient (Wildman–Crippen LogP) is 16.8. The first-order chi connectivity index (χ1) is 30.2. The number of rotatable bonds is 7. The highest BCUT2D eigenvalue weighted by atomic mass is 32.1. The van der Waals surface area contributed by atoms with E-state index in [9.17, 15) is 0 Å². The monoisotopic (exact) mass is 794 g/mol. The van der Waals surface area contributed by atoms with E-state index in [0.29, 0.717) is 0 Å². The van der Waals surface area contributed by atoms with E-state index in [1.165, 1.54) is 86.1 Å². The molecule has 0 aliphatic rings. The molecule has 10 aromatic carbocycles. The number of aromatic nitrogens is 1. The van der Waals surface area contributed by atoms with Crippen molar-refractivity contribution in [1.29, 1.82) is 0 Å². The third-order valence-electron chi connectivity index (χ3n) is 12.2. The number of thiophene rings is 1. The lowest BCUT2D eigenvalue weighted by Crippen LogP contribution is -2.09. The van der Waals surface area contributed by atoms with Gasteiger partial charge in [-0.2, -0.15) is 0 Å². The normalized spacial score (nSPS) is 11.6. The molecule has 0 aliphatic carbocycles. The van der Waals surface area contributed by atoms with E-state index in [0.717, 1.165) is 22.7 Å². The molecule has 12 rings (SSSR count). The number of benzene rings is 10. The van der Waals surface area contributed by atoms with Crippen molar-refractivity contribution >= 4 is 81.1 Å². The predicted molar refractivity (Wildman–Crippen MR) is 262 cm³/mol. The van der Waals surface area contributed by atoms with Crippen molar-refractivity contribution in [2.24, 2.45) is 0 Å². The molecule has 0 spiro atoms. The standard InChI is InChI=1S/C58H38N2S/c1-2-11-39(12-3-1)40-21-30-45(31-22-40)59(47-36-27-44(28-37-47)50-17-10-18-54-52-16-7-9-20-56(52)61-58(50)54)46-32-23-41(24-33-46)42-25-34-48(35-26-42)60-55-19-8-6-15-51(55)53-38-29-43-13-4-5-14-49(43)57(53)60/h1-38H. The Morgan fingerprint density at radius 1 is 0.328 bits per heavy atom. The molecule has 2 nitrogen and oxygen atoms in total. The maximum Gasteiger partial charge on any atom is 0.0619 e. The number of hydrogen-bond donors (Lipinski definition) is 0. The van der Waals surface area contributed by atoms with Gasteiger partial charge in [-0.3, -0.25) is 0 Å². The fourth-order valence-corrected chi connectivity index (χ4v) is 10.5. The van der Waals surface area contributed by atoms with Crippen LogP contribution in [-0.4, -0.2) is 4.57 Å². The summed E-state index contributed by atoms with van der Waals surface area (Å²) in [6.07, 6.45) is 0. The Bertz CT molecular complexity index is 3540. The summed E-state index contributed by atoms with van der Waals surface area (Å²) < 4.78 is 5.08. The van der Waals surface area contributed by atoms with Crippen molar-refractivity contribution in [2.45, 2.75) is 0 Å². The minimum atomic E-state index is 1.10. The van der Waals surface area contributed by atoms with Crippen LogP contribution in [0.5, 0.6) is 0 Å². The smallest absolute Gasteiger partial charge is 0.0619 e. The first-order valence-corrected chi connectivity index (χ1v) is 21.6. The average molecular weight is 795 g/mol. The lowest BCUT2D eigenvalue weighted by atomic mass is 10.0. The lowest BCUT2D eigenvalue weighted by molar-refractivity contribution is 1.19. The summed E-state index contributed by atoms with van der Waals surface area (Å²) in [6, 6.07) is 84.0. The minimum Gasteiger partial charge on any atom is -0.311 e. The van der Waals surface area contributed by atoms with Gasteiger partial charge >= 0.3 is 0 Å². The quantitative estimate of drug-likeness (QED) is 0.156. The van der Waals surface area contributed by atoms with Gasteiger partial charge < -0.3 is 9.47 Å². The Kier molecular flexibility index (Phi) is 8.39. The Balaban J connectivity index is 0.907. The molecule has 0 N–H and O–H groups in total. The van der Waals surface area contributed by atoms with Crippen LogP contribution in [0.15, 0.2) is 231 Å². The highest BCUT2D eigenvalue weighted by Crippen LogP contribution is 2.42. The van der Waals surface area contributed by atoms with Crippen molar-refractivity contribution < 1.29 is 0 Å². The zero-order chi connectivity index (χ0) is 40.3. The van der Waals surface area contributed by atoms with E-state index in [4.69, 9.17) is 0 Å². The summed E-state index contributed by atoms with van der Waals surface area (Å²) in [5.74, 6) is 0. The minimum absolute atomic E-state index is 1.10. The first-order valence-electron chi connectivity index (χ1n) is 20.8. The van der Waals surface area contributed by atoms with Crippen LogP contribution in [0.4, 0.5) is 17.1 Å². The molecule has 0 fully saturated rings. The first kappa shape index (κ1) is 35.2. The van der Waals surface area contributed by atoms with Crippen LogP contribution in [0.1, 0.15) is 0 Å². The molecule has 0 unspecified atom stereocenters. The molecule has 0 amide bonds. The highest BCUT2D eigenvalue weighted by Gasteiger charge is 2.17. The van der Waals surface area contributed by atoms with Gasteiger partial charge in [0.2, 0.25) is 0 Å². The molecule has 2 aromatic heterocycles. The molecular formula is C58H38N2S. The molecule has 3 heteroatoms. The molecule has 0 aliphatic heterocycles. The molecule has 0 radical (unpaired) electrons. The molecule has 2 heterocycles. The van der Waals surface area contributed by atoms with Crippen LogP contribution in [0.25, 0.3) is 91.8 Å². The van der Waals surface area contributed by atoms with Crippen LogP contribution in [0.3, 0.4) is 0 Å². The fraction of sp³-hybridized carbons (Fsp3) is 0. The Morgan fingerprint density at radius 2 is 0.852 bits per heavy atom.